The largest absolute Gasteiger partial charge is 1.00 e. The Balaban J connectivity index is -0.000000127. The second-order valence-electron chi connectivity index (χ2n) is 3.48. The molecule has 0 saturated heterocycles. The van der Waals surface area contributed by atoms with E-state index in [-0.39, 0.29) is 46.0 Å². The van der Waals surface area contributed by atoms with Crippen molar-refractivity contribution >= 4 is 14.7 Å². The summed E-state index contributed by atoms with van der Waals surface area (Å²) in [6, 6.07) is 0. The fraction of sp³-hybridized carbons (Fsp3) is 0.308. The number of aliphatic hydroxyl groups is 2. The first-order valence-corrected chi connectivity index (χ1v) is 5.72. The summed E-state index contributed by atoms with van der Waals surface area (Å²) in [6.07, 6.45) is 6.94. The number of aromatic nitrogens is 4. The van der Waals surface area contributed by atoms with E-state index in [0.29, 0.717) is 11.4 Å². The van der Waals surface area contributed by atoms with Gasteiger partial charge in [-0.25, -0.2) is 19.9 Å². The van der Waals surface area contributed by atoms with Crippen LogP contribution in [-0.4, -0.2) is 52.0 Å². The van der Waals surface area contributed by atoms with Crippen LogP contribution in [-0.2, 0) is 6.61 Å². The molecule has 0 bridgehead atoms. The zero-order chi connectivity index (χ0) is 15.4. The molecule has 2 heterocycles. The second kappa shape index (κ2) is 16.2. The summed E-state index contributed by atoms with van der Waals surface area (Å²) in [4.78, 5) is 25.4. The van der Waals surface area contributed by atoms with Gasteiger partial charge in [-0.3, -0.25) is 4.79 Å². The molecule has 9 heteroatoms. The van der Waals surface area contributed by atoms with Crippen LogP contribution < -0.4 is 29.6 Å². The first kappa shape index (κ1) is 25.8. The van der Waals surface area contributed by atoms with Gasteiger partial charge in [0.05, 0.1) is 12.2 Å². The van der Waals surface area contributed by atoms with E-state index in [0.717, 1.165) is 24.8 Å². The van der Waals surface area contributed by atoms with Crippen LogP contribution in [0.2, 0.25) is 0 Å². The van der Waals surface area contributed by atoms with Gasteiger partial charge in [-0.15, -0.1) is 0 Å². The average Bonchev–Trinajstić information content (AvgIpc) is 2.51. The molecule has 0 amide bonds. The van der Waals surface area contributed by atoms with Gasteiger partial charge in [-0.2, -0.15) is 0 Å². The fourth-order valence-electron chi connectivity index (χ4n) is 0.964. The fourth-order valence-corrected chi connectivity index (χ4v) is 0.964. The Morgan fingerprint density at radius 3 is 1.68 bits per heavy atom. The molecular formula is C13H19BN4NaO3. The number of aldehydes is 1. The monoisotopic (exact) mass is 313 g/mol. The third kappa shape index (κ3) is 11.5. The number of carbonyl (C=O) groups is 1. The summed E-state index contributed by atoms with van der Waals surface area (Å²) in [5.41, 5.74) is 1.27. The van der Waals surface area contributed by atoms with Gasteiger partial charge in [-0.1, -0.05) is 0 Å². The van der Waals surface area contributed by atoms with Crippen LogP contribution in [0.15, 0.2) is 24.8 Å². The van der Waals surface area contributed by atoms with Gasteiger partial charge in [-0.05, 0) is 13.8 Å². The summed E-state index contributed by atoms with van der Waals surface area (Å²) >= 11 is 0. The van der Waals surface area contributed by atoms with E-state index < -0.39 is 0 Å². The molecule has 0 aliphatic carbocycles. The minimum absolute atomic E-state index is 0. The topological polar surface area (TPSA) is 109 Å². The molecule has 113 valence electrons. The van der Waals surface area contributed by atoms with E-state index in [9.17, 15) is 4.79 Å². The Morgan fingerprint density at radius 1 is 1.00 bits per heavy atom. The number of aliphatic hydroxyl groups excluding tert-OH is 2. The maximum Gasteiger partial charge on any atom is 1.00 e. The molecule has 2 N–H and O–H groups in total. The Morgan fingerprint density at radius 2 is 1.36 bits per heavy atom. The van der Waals surface area contributed by atoms with Gasteiger partial charge in [0.25, 0.3) is 0 Å². The van der Waals surface area contributed by atoms with Gasteiger partial charge < -0.3 is 11.6 Å². The SMILES string of the molecule is CO.Cc1ncc(C=O)cn1.Cc1ncc(CO)cn1.[B].[H-].[Na+]. The van der Waals surface area contributed by atoms with Crippen molar-refractivity contribution in [2.75, 3.05) is 7.11 Å². The van der Waals surface area contributed by atoms with Crippen molar-refractivity contribution in [3.63, 3.8) is 0 Å². The molecule has 0 fully saturated rings. The van der Waals surface area contributed by atoms with Crippen LogP contribution in [0.4, 0.5) is 0 Å². The normalized spacial score (nSPS) is 7.86. The minimum Gasteiger partial charge on any atom is -1.00 e. The quantitative estimate of drug-likeness (QED) is 0.456. The van der Waals surface area contributed by atoms with Crippen LogP contribution in [0.3, 0.4) is 0 Å². The van der Waals surface area contributed by atoms with Gasteiger partial charge >= 0.3 is 29.6 Å². The molecule has 22 heavy (non-hydrogen) atoms. The molecule has 7 nitrogen and oxygen atoms in total. The van der Waals surface area contributed by atoms with Gasteiger partial charge in [0.15, 0.2) is 6.29 Å². The summed E-state index contributed by atoms with van der Waals surface area (Å²) in [6.45, 7) is 3.59. The van der Waals surface area contributed by atoms with Crippen LogP contribution in [0.5, 0.6) is 0 Å². The maximum absolute atomic E-state index is 10.0. The molecule has 0 unspecified atom stereocenters. The summed E-state index contributed by atoms with van der Waals surface area (Å²) in [5.74, 6) is 1.41. The second-order valence-corrected chi connectivity index (χ2v) is 3.48. The molecule has 0 aliphatic heterocycles. The smallest absolute Gasteiger partial charge is 1.00 e. The van der Waals surface area contributed by atoms with Crippen molar-refractivity contribution in [1.29, 1.82) is 0 Å². The Bertz CT molecular complexity index is 504. The number of hydrogen-bond donors (Lipinski definition) is 2. The number of carbonyl (C=O) groups excluding carboxylic acids is 1. The minimum atomic E-state index is 0. The van der Waals surface area contributed by atoms with Crippen LogP contribution >= 0.6 is 0 Å². The molecule has 0 aliphatic rings. The molecule has 0 aromatic carbocycles. The van der Waals surface area contributed by atoms with Gasteiger partial charge in [0.1, 0.15) is 11.6 Å². The Labute approximate surface area is 155 Å². The van der Waals surface area contributed by atoms with E-state index in [1.54, 1.807) is 26.2 Å². The van der Waals surface area contributed by atoms with Crippen LogP contribution in [0, 0.1) is 13.8 Å². The third-order valence-corrected chi connectivity index (χ3v) is 1.95. The van der Waals surface area contributed by atoms with E-state index in [1.807, 2.05) is 0 Å². The van der Waals surface area contributed by atoms with Crippen molar-refractivity contribution in [3.8, 4) is 0 Å². The van der Waals surface area contributed by atoms with Crippen LogP contribution in [0.1, 0.15) is 29.0 Å². The Hall–Kier alpha value is -1.19. The molecule has 0 atom stereocenters. The number of hydrogen-bond acceptors (Lipinski definition) is 7. The van der Waals surface area contributed by atoms with Crippen molar-refractivity contribution < 1.29 is 46.0 Å². The zero-order valence-corrected chi connectivity index (χ0v) is 15.3. The molecule has 0 saturated carbocycles. The maximum atomic E-state index is 10.0. The Kier molecular flexibility index (Phi) is 19.0. The van der Waals surface area contributed by atoms with E-state index in [1.165, 1.54) is 12.4 Å². The zero-order valence-electron chi connectivity index (χ0n) is 14.3. The van der Waals surface area contributed by atoms with Crippen molar-refractivity contribution in [1.82, 2.24) is 19.9 Å². The number of rotatable bonds is 2. The summed E-state index contributed by atoms with van der Waals surface area (Å²) in [5, 5.41) is 15.5. The molecule has 3 radical (unpaired) electrons. The van der Waals surface area contributed by atoms with E-state index in [4.69, 9.17) is 10.2 Å². The van der Waals surface area contributed by atoms with Gasteiger partial charge in [0.2, 0.25) is 0 Å². The van der Waals surface area contributed by atoms with Crippen molar-refractivity contribution in [2.45, 2.75) is 20.5 Å². The molecule has 2 aromatic heterocycles. The standard InChI is InChI=1S/C6H8N2O.C6H6N2O.CH4O.B.Na.H/c2*1-5-7-2-6(4-9)3-8-5;1-2;;;/h2-3,9H,4H2,1H3;2-4H,1H3;2H,1H3;;;/q;;;;+1;-1. The van der Waals surface area contributed by atoms with Crippen molar-refractivity contribution in [3.05, 3.63) is 47.6 Å². The van der Waals surface area contributed by atoms with E-state index in [2.05, 4.69) is 19.9 Å². The van der Waals surface area contributed by atoms with E-state index >= 15 is 0 Å². The number of aryl methyl sites for hydroxylation is 2. The first-order chi connectivity index (χ1) is 9.65. The first-order valence-electron chi connectivity index (χ1n) is 5.72. The van der Waals surface area contributed by atoms with Crippen LogP contribution in [0.25, 0.3) is 0 Å². The average molecular weight is 313 g/mol. The third-order valence-electron chi connectivity index (χ3n) is 1.95. The van der Waals surface area contributed by atoms with Crippen molar-refractivity contribution in [2.24, 2.45) is 0 Å². The molecular weight excluding hydrogens is 294 g/mol. The predicted octanol–water partition coefficient (Wildman–Crippen LogP) is -2.78. The molecule has 2 rings (SSSR count). The molecule has 2 aromatic rings. The summed E-state index contributed by atoms with van der Waals surface area (Å²) < 4.78 is 0. The predicted molar refractivity (Wildman–Crippen MR) is 79.9 cm³/mol. The summed E-state index contributed by atoms with van der Waals surface area (Å²) in [7, 11) is 1.00. The molecule has 0 spiro atoms. The number of nitrogens with zero attached hydrogens (tertiary/aromatic N) is 4. The van der Waals surface area contributed by atoms with Gasteiger partial charge in [0, 0.05) is 45.9 Å².